The molecule has 0 bridgehead atoms. The number of carbonyl (C=O) groups excluding carboxylic acids is 2. The van der Waals surface area contributed by atoms with E-state index in [1.165, 1.54) is 24.3 Å². The van der Waals surface area contributed by atoms with Gasteiger partial charge in [-0.15, -0.1) is 0 Å². The van der Waals surface area contributed by atoms with Gasteiger partial charge in [-0.2, -0.15) is 0 Å². The minimum Gasteiger partial charge on any atom is -0.444 e. The Hall–Kier alpha value is -3.22. The Balaban J connectivity index is 1.86. The molecule has 2 aromatic carbocycles. The van der Waals surface area contributed by atoms with E-state index in [1.807, 2.05) is 0 Å². The van der Waals surface area contributed by atoms with Crippen LogP contribution in [0.4, 0.5) is 5.69 Å². The quantitative estimate of drug-likeness (QED) is 0.495. The van der Waals surface area contributed by atoms with Crippen molar-refractivity contribution < 1.29 is 19.2 Å². The Labute approximate surface area is 143 Å². The van der Waals surface area contributed by atoms with Gasteiger partial charge in [0, 0.05) is 17.7 Å². The average molecular weight is 340 g/mol. The third kappa shape index (κ3) is 4.00. The second kappa shape index (κ2) is 7.12. The molecule has 1 atom stereocenters. The SMILES string of the molecule is O=C(O[C@H](C(=O)NC1CC1)c1ccccc1)c1ccccc1[N+](=O)[O-]. The zero-order valence-electron chi connectivity index (χ0n) is 13.3. The van der Waals surface area contributed by atoms with Crippen molar-refractivity contribution in [3.05, 3.63) is 75.8 Å². The number of nitro groups is 1. The van der Waals surface area contributed by atoms with E-state index in [1.54, 1.807) is 30.3 Å². The second-order valence-electron chi connectivity index (χ2n) is 5.75. The molecule has 7 heteroatoms. The molecule has 1 saturated carbocycles. The predicted molar refractivity (Wildman–Crippen MR) is 88.9 cm³/mol. The number of nitrogens with one attached hydrogen (secondary N) is 1. The zero-order valence-corrected chi connectivity index (χ0v) is 13.3. The molecule has 0 radical (unpaired) electrons. The van der Waals surface area contributed by atoms with Crippen LogP contribution in [0.15, 0.2) is 54.6 Å². The van der Waals surface area contributed by atoms with Crippen LogP contribution in [0.1, 0.15) is 34.9 Å². The molecule has 0 aliphatic heterocycles. The summed E-state index contributed by atoms with van der Waals surface area (Å²) >= 11 is 0. The van der Waals surface area contributed by atoms with Gasteiger partial charge in [-0.05, 0) is 18.9 Å². The molecule has 1 fully saturated rings. The van der Waals surface area contributed by atoms with Gasteiger partial charge in [0.05, 0.1) is 4.92 Å². The second-order valence-corrected chi connectivity index (χ2v) is 5.75. The van der Waals surface area contributed by atoms with Gasteiger partial charge in [-0.3, -0.25) is 14.9 Å². The summed E-state index contributed by atoms with van der Waals surface area (Å²) < 4.78 is 5.35. The van der Waals surface area contributed by atoms with Crippen molar-refractivity contribution in [1.82, 2.24) is 5.32 Å². The summed E-state index contributed by atoms with van der Waals surface area (Å²) in [6.45, 7) is 0. The first kappa shape index (κ1) is 16.6. The lowest BCUT2D eigenvalue weighted by atomic mass is 10.1. The lowest BCUT2D eigenvalue weighted by molar-refractivity contribution is -0.385. The van der Waals surface area contributed by atoms with Crippen LogP contribution in [-0.4, -0.2) is 22.8 Å². The van der Waals surface area contributed by atoms with Gasteiger partial charge in [0.1, 0.15) is 5.56 Å². The number of nitrogens with zero attached hydrogens (tertiary/aromatic N) is 1. The van der Waals surface area contributed by atoms with E-state index in [-0.39, 0.29) is 17.3 Å². The first-order valence-electron chi connectivity index (χ1n) is 7.86. The van der Waals surface area contributed by atoms with Crippen molar-refractivity contribution in [2.45, 2.75) is 25.0 Å². The Bertz CT molecular complexity index is 802. The maximum atomic E-state index is 12.5. The zero-order chi connectivity index (χ0) is 17.8. The summed E-state index contributed by atoms with van der Waals surface area (Å²) in [5.74, 6) is -1.34. The van der Waals surface area contributed by atoms with Crippen molar-refractivity contribution in [3.8, 4) is 0 Å². The summed E-state index contributed by atoms with van der Waals surface area (Å²) in [7, 11) is 0. The first-order chi connectivity index (χ1) is 12.1. The fourth-order valence-corrected chi connectivity index (χ4v) is 2.38. The molecule has 1 aliphatic rings. The van der Waals surface area contributed by atoms with E-state index in [9.17, 15) is 19.7 Å². The maximum Gasteiger partial charge on any atom is 0.346 e. The monoisotopic (exact) mass is 340 g/mol. The largest absolute Gasteiger partial charge is 0.444 e. The van der Waals surface area contributed by atoms with Gasteiger partial charge < -0.3 is 10.1 Å². The van der Waals surface area contributed by atoms with Crippen LogP contribution in [0.2, 0.25) is 0 Å². The number of benzene rings is 2. The lowest BCUT2D eigenvalue weighted by Gasteiger charge is -2.18. The van der Waals surface area contributed by atoms with E-state index in [0.29, 0.717) is 5.56 Å². The van der Waals surface area contributed by atoms with Crippen LogP contribution >= 0.6 is 0 Å². The number of nitro benzene ring substituents is 1. The van der Waals surface area contributed by atoms with E-state index >= 15 is 0 Å². The Morgan fingerprint density at radius 1 is 1.08 bits per heavy atom. The molecular weight excluding hydrogens is 324 g/mol. The van der Waals surface area contributed by atoms with Gasteiger partial charge in [0.2, 0.25) is 6.10 Å². The Morgan fingerprint density at radius 3 is 2.36 bits per heavy atom. The highest BCUT2D eigenvalue weighted by atomic mass is 16.6. The van der Waals surface area contributed by atoms with Gasteiger partial charge >= 0.3 is 5.97 Å². The number of hydrogen-bond donors (Lipinski definition) is 1. The van der Waals surface area contributed by atoms with Crippen molar-refractivity contribution in [3.63, 3.8) is 0 Å². The number of para-hydroxylation sites is 1. The standard InChI is InChI=1S/C18H16N2O5/c21-17(19-13-10-11-13)16(12-6-2-1-3-7-12)25-18(22)14-8-4-5-9-15(14)20(23)24/h1-9,13,16H,10-11H2,(H,19,21)/t16-/m0/s1. The fraction of sp³-hybridized carbons (Fsp3) is 0.222. The minimum absolute atomic E-state index is 0.100. The third-order valence-electron chi connectivity index (χ3n) is 3.81. The van der Waals surface area contributed by atoms with Crippen molar-refractivity contribution in [2.24, 2.45) is 0 Å². The molecule has 1 amide bonds. The van der Waals surface area contributed by atoms with E-state index < -0.39 is 22.9 Å². The number of amides is 1. The van der Waals surface area contributed by atoms with E-state index in [2.05, 4.69) is 5.32 Å². The Kier molecular flexibility index (Phi) is 4.74. The average Bonchev–Trinajstić information content (AvgIpc) is 3.44. The van der Waals surface area contributed by atoms with E-state index in [4.69, 9.17) is 4.74 Å². The molecular formula is C18H16N2O5. The molecule has 1 N–H and O–H groups in total. The third-order valence-corrected chi connectivity index (χ3v) is 3.81. The topological polar surface area (TPSA) is 98.5 Å². The summed E-state index contributed by atoms with van der Waals surface area (Å²) in [6, 6.07) is 14.2. The lowest BCUT2D eigenvalue weighted by Crippen LogP contribution is -2.33. The minimum atomic E-state index is -1.16. The molecule has 3 rings (SSSR count). The Morgan fingerprint density at radius 2 is 1.72 bits per heavy atom. The van der Waals surface area contributed by atoms with Crippen LogP contribution in [0.25, 0.3) is 0 Å². The van der Waals surface area contributed by atoms with Crippen molar-refractivity contribution in [1.29, 1.82) is 0 Å². The fourth-order valence-electron chi connectivity index (χ4n) is 2.38. The van der Waals surface area contributed by atoms with Crippen molar-refractivity contribution in [2.75, 3.05) is 0 Å². The molecule has 0 saturated heterocycles. The molecule has 1 aliphatic carbocycles. The molecule has 128 valence electrons. The normalized spacial score (nSPS) is 14.4. The van der Waals surface area contributed by atoms with Crippen LogP contribution in [0, 0.1) is 10.1 Å². The summed E-state index contributed by atoms with van der Waals surface area (Å²) in [4.78, 5) is 35.3. The summed E-state index contributed by atoms with van der Waals surface area (Å²) in [5, 5.41) is 13.9. The van der Waals surface area contributed by atoms with Crippen LogP contribution in [-0.2, 0) is 9.53 Å². The summed E-state index contributed by atoms with van der Waals surface area (Å²) in [5.41, 5.74) is -0.0397. The number of hydrogen-bond acceptors (Lipinski definition) is 5. The summed E-state index contributed by atoms with van der Waals surface area (Å²) in [6.07, 6.45) is 0.630. The van der Waals surface area contributed by atoms with Gasteiger partial charge in [0.15, 0.2) is 0 Å². The van der Waals surface area contributed by atoms with Crippen LogP contribution in [0.5, 0.6) is 0 Å². The molecule has 0 aromatic heterocycles. The smallest absolute Gasteiger partial charge is 0.346 e. The highest BCUT2D eigenvalue weighted by Gasteiger charge is 2.32. The number of esters is 1. The predicted octanol–water partition coefficient (Wildman–Crippen LogP) is 2.77. The van der Waals surface area contributed by atoms with Crippen LogP contribution in [0.3, 0.4) is 0 Å². The molecule has 25 heavy (non-hydrogen) atoms. The number of ether oxygens (including phenoxy) is 1. The number of carbonyl (C=O) groups is 2. The highest BCUT2D eigenvalue weighted by molar-refractivity contribution is 5.96. The highest BCUT2D eigenvalue weighted by Crippen LogP contribution is 2.26. The number of rotatable bonds is 6. The maximum absolute atomic E-state index is 12.5. The van der Waals surface area contributed by atoms with Gasteiger partial charge in [-0.25, -0.2) is 4.79 Å². The molecule has 0 heterocycles. The van der Waals surface area contributed by atoms with Gasteiger partial charge in [0.25, 0.3) is 11.6 Å². The van der Waals surface area contributed by atoms with Gasteiger partial charge in [-0.1, -0.05) is 42.5 Å². The molecule has 2 aromatic rings. The van der Waals surface area contributed by atoms with E-state index in [0.717, 1.165) is 12.8 Å². The molecule has 7 nitrogen and oxygen atoms in total. The first-order valence-corrected chi connectivity index (χ1v) is 7.86. The van der Waals surface area contributed by atoms with Crippen molar-refractivity contribution >= 4 is 17.6 Å². The molecule has 0 unspecified atom stereocenters. The molecule has 0 spiro atoms. The van der Waals surface area contributed by atoms with Crippen LogP contribution < -0.4 is 5.32 Å².